The minimum absolute atomic E-state index is 0.140. The van der Waals surface area contributed by atoms with Crippen molar-refractivity contribution in [2.45, 2.75) is 26.4 Å². The lowest BCUT2D eigenvalue weighted by atomic mass is 9.94. The summed E-state index contributed by atoms with van der Waals surface area (Å²) in [5, 5.41) is 0.600. The van der Waals surface area contributed by atoms with Crippen molar-refractivity contribution in [3.63, 3.8) is 0 Å². The predicted octanol–water partition coefficient (Wildman–Crippen LogP) is 4.39. The molecule has 9 nitrogen and oxygen atoms in total. The van der Waals surface area contributed by atoms with E-state index in [4.69, 9.17) is 25.8 Å². The third kappa shape index (κ3) is 4.89. The number of aromatic nitrogens is 1. The number of amides is 1. The van der Waals surface area contributed by atoms with Crippen LogP contribution in [-0.4, -0.2) is 37.3 Å². The molecule has 0 aliphatic carbocycles. The fourth-order valence-corrected chi connectivity index (χ4v) is 6.88. The number of allylic oxidation sites excluding steroid dienone is 1. The Morgan fingerprint density at radius 1 is 1.02 bits per heavy atom. The molecular weight excluding hydrogens is 602 g/mol. The summed E-state index contributed by atoms with van der Waals surface area (Å²) in [7, 11) is 3.05. The summed E-state index contributed by atoms with van der Waals surface area (Å²) in [6.45, 7) is 3.85. The van der Waals surface area contributed by atoms with Gasteiger partial charge in [-0.1, -0.05) is 53.3 Å². The van der Waals surface area contributed by atoms with Gasteiger partial charge in [0.25, 0.3) is 11.5 Å². The van der Waals surface area contributed by atoms with Gasteiger partial charge in [-0.3, -0.25) is 14.2 Å². The number of thiazole rings is 1. The highest BCUT2D eigenvalue weighted by Gasteiger charge is 2.38. The van der Waals surface area contributed by atoms with E-state index in [1.807, 2.05) is 36.4 Å². The van der Waals surface area contributed by atoms with Crippen molar-refractivity contribution in [3.05, 3.63) is 119 Å². The number of hydrogen-bond acceptors (Lipinski definition) is 8. The molecule has 0 saturated heterocycles. The summed E-state index contributed by atoms with van der Waals surface area (Å²) in [5.41, 5.74) is 3.18. The van der Waals surface area contributed by atoms with Gasteiger partial charge in [0.2, 0.25) is 0 Å². The average Bonchev–Trinajstić information content (AvgIpc) is 3.49. The number of benzene rings is 3. The van der Waals surface area contributed by atoms with Gasteiger partial charge in [0.15, 0.2) is 4.80 Å². The first kappa shape index (κ1) is 29.4. The maximum absolute atomic E-state index is 14.5. The second-order valence-corrected chi connectivity index (χ2v) is 11.6. The molecule has 0 unspecified atom stereocenters. The average molecular weight is 630 g/mol. The van der Waals surface area contributed by atoms with Crippen LogP contribution in [0.1, 0.15) is 36.6 Å². The Labute approximate surface area is 261 Å². The number of carbonyl (C=O) groups is 2. The Morgan fingerprint density at radius 2 is 1.77 bits per heavy atom. The van der Waals surface area contributed by atoms with Crippen LogP contribution < -0.4 is 29.3 Å². The molecule has 3 heterocycles. The Morgan fingerprint density at radius 3 is 2.48 bits per heavy atom. The number of halogens is 1. The smallest absolute Gasteiger partial charge is 0.338 e. The third-order valence-electron chi connectivity index (χ3n) is 7.63. The number of ether oxygens (including phenoxy) is 3. The number of hydrogen-bond donors (Lipinski definition) is 0. The fourth-order valence-electron chi connectivity index (χ4n) is 5.62. The number of nitrogens with zero attached hydrogens (tertiary/aromatic N) is 3. The van der Waals surface area contributed by atoms with Crippen molar-refractivity contribution >= 4 is 46.1 Å². The van der Waals surface area contributed by atoms with Gasteiger partial charge in [0.1, 0.15) is 22.1 Å². The fraction of sp³-hybridized carbons (Fsp3) is 0.212. The molecule has 4 aromatic rings. The molecule has 0 bridgehead atoms. The summed E-state index contributed by atoms with van der Waals surface area (Å²) in [6, 6.07) is 18.9. The lowest BCUT2D eigenvalue weighted by molar-refractivity contribution is -0.139. The summed E-state index contributed by atoms with van der Waals surface area (Å²) in [6.07, 6.45) is 0. The Hall–Kier alpha value is -4.67. The van der Waals surface area contributed by atoms with Crippen molar-refractivity contribution in [3.8, 4) is 11.5 Å². The largest absolute Gasteiger partial charge is 0.497 e. The molecule has 2 aliphatic rings. The Balaban J connectivity index is 1.60. The molecule has 0 saturated carbocycles. The molecule has 224 valence electrons. The van der Waals surface area contributed by atoms with E-state index < -0.39 is 17.6 Å². The first-order valence-corrected chi connectivity index (χ1v) is 15.1. The monoisotopic (exact) mass is 629 g/mol. The highest BCUT2D eigenvalue weighted by Crippen LogP contribution is 2.39. The Kier molecular flexibility index (Phi) is 7.87. The van der Waals surface area contributed by atoms with Crippen LogP contribution in [0, 0.1) is 0 Å². The number of esters is 1. The van der Waals surface area contributed by atoms with Gasteiger partial charge in [-0.2, -0.15) is 0 Å². The molecule has 1 aromatic heterocycles. The van der Waals surface area contributed by atoms with Crippen LogP contribution >= 0.6 is 22.9 Å². The van der Waals surface area contributed by atoms with E-state index >= 15 is 0 Å². The molecular formula is C33H28ClN3O6S. The topological polar surface area (TPSA) is 99.4 Å². The normalized spacial score (nSPS) is 16.8. The molecule has 11 heteroatoms. The maximum atomic E-state index is 14.5. The number of rotatable bonds is 7. The molecule has 0 radical (unpaired) electrons. The van der Waals surface area contributed by atoms with Gasteiger partial charge >= 0.3 is 5.97 Å². The van der Waals surface area contributed by atoms with E-state index in [1.165, 1.54) is 18.8 Å². The van der Waals surface area contributed by atoms with E-state index in [1.54, 1.807) is 49.1 Å². The van der Waals surface area contributed by atoms with E-state index in [0.717, 1.165) is 16.9 Å². The van der Waals surface area contributed by atoms with Crippen LogP contribution in [0.15, 0.2) is 87.8 Å². The second-order valence-electron chi connectivity index (χ2n) is 10.1. The number of methoxy groups -OCH3 is 2. The van der Waals surface area contributed by atoms with Gasteiger partial charge in [0, 0.05) is 16.1 Å². The summed E-state index contributed by atoms with van der Waals surface area (Å²) in [4.78, 5) is 48.7. The van der Waals surface area contributed by atoms with Gasteiger partial charge in [-0.15, -0.1) is 0 Å². The van der Waals surface area contributed by atoms with Crippen molar-refractivity contribution in [2.24, 2.45) is 4.99 Å². The lowest BCUT2D eigenvalue weighted by Crippen LogP contribution is -2.41. The molecule has 0 spiro atoms. The molecule has 1 amide bonds. The van der Waals surface area contributed by atoms with Crippen LogP contribution in [0.2, 0.25) is 5.02 Å². The van der Waals surface area contributed by atoms with Crippen LogP contribution in [0.4, 0.5) is 5.69 Å². The minimum atomic E-state index is -0.943. The lowest BCUT2D eigenvalue weighted by Gasteiger charge is -2.26. The van der Waals surface area contributed by atoms with E-state index in [2.05, 4.69) is 4.99 Å². The third-order valence-corrected chi connectivity index (χ3v) is 8.93. The molecule has 3 aromatic carbocycles. The zero-order chi connectivity index (χ0) is 31.1. The highest BCUT2D eigenvalue weighted by atomic mass is 35.5. The summed E-state index contributed by atoms with van der Waals surface area (Å²) in [5.74, 6) is 0.0598. The zero-order valence-electron chi connectivity index (χ0n) is 24.4. The number of anilines is 1. The van der Waals surface area contributed by atoms with E-state index in [0.29, 0.717) is 50.4 Å². The van der Waals surface area contributed by atoms with Crippen molar-refractivity contribution in [1.29, 1.82) is 0 Å². The highest BCUT2D eigenvalue weighted by molar-refractivity contribution is 7.07. The van der Waals surface area contributed by atoms with Crippen LogP contribution in [-0.2, 0) is 20.9 Å². The van der Waals surface area contributed by atoms with Gasteiger partial charge in [-0.05, 0) is 55.8 Å². The van der Waals surface area contributed by atoms with Gasteiger partial charge in [0.05, 0.1) is 49.9 Å². The zero-order valence-corrected chi connectivity index (χ0v) is 26.0. The van der Waals surface area contributed by atoms with Crippen molar-refractivity contribution in [1.82, 2.24) is 4.57 Å². The van der Waals surface area contributed by atoms with Gasteiger partial charge in [-0.25, -0.2) is 9.79 Å². The van der Waals surface area contributed by atoms with Crippen LogP contribution in [0.25, 0.3) is 5.57 Å². The van der Waals surface area contributed by atoms with Crippen LogP contribution in [0.3, 0.4) is 0 Å². The quantitative estimate of drug-likeness (QED) is 0.281. The van der Waals surface area contributed by atoms with Crippen molar-refractivity contribution in [2.75, 3.05) is 25.7 Å². The number of fused-ring (bicyclic) bond motifs is 2. The van der Waals surface area contributed by atoms with Crippen LogP contribution in [0.5, 0.6) is 11.5 Å². The standard InChI is InChI=1S/C33H28ClN3O6S/c1-5-43-32(40)26-18(2)35-33-37(28(26)23-16-21(41-3)14-15-25(23)42-4)31(39)29(44-33)27-22-8-6-7-9-24(22)36(30(27)38)17-19-10-12-20(34)13-11-19/h6-16,28H,5,17H2,1-4H3/b29-27+/t28-/m1/s1. The number of para-hydroxylation sites is 1. The molecule has 0 N–H and O–H groups in total. The first-order chi connectivity index (χ1) is 21.3. The maximum Gasteiger partial charge on any atom is 0.338 e. The molecule has 0 fully saturated rings. The molecule has 2 aliphatic heterocycles. The van der Waals surface area contributed by atoms with E-state index in [9.17, 15) is 14.4 Å². The number of carbonyl (C=O) groups excluding carboxylic acids is 2. The first-order valence-electron chi connectivity index (χ1n) is 13.9. The molecule has 1 atom stereocenters. The summed E-state index contributed by atoms with van der Waals surface area (Å²) < 4.78 is 18.3. The molecule has 44 heavy (non-hydrogen) atoms. The Bertz CT molecular complexity index is 2030. The van der Waals surface area contributed by atoms with Gasteiger partial charge < -0.3 is 19.1 Å². The second kappa shape index (κ2) is 11.8. The van der Waals surface area contributed by atoms with Crippen molar-refractivity contribution < 1.29 is 23.8 Å². The minimum Gasteiger partial charge on any atom is -0.497 e. The SMILES string of the molecule is CCOC(=O)C1=C(C)N=c2s/c(=C3/C(=O)N(Cc4ccc(Cl)cc4)c4ccccc43)c(=O)n2[C@@H]1c1cc(OC)ccc1OC. The summed E-state index contributed by atoms with van der Waals surface area (Å²) >= 11 is 7.19. The molecule has 6 rings (SSSR count). The predicted molar refractivity (Wildman–Crippen MR) is 168 cm³/mol. The van der Waals surface area contributed by atoms with E-state index in [-0.39, 0.29) is 28.2 Å².